The fourth-order valence-electron chi connectivity index (χ4n) is 1.66. The molecule has 0 aliphatic rings. The van der Waals surface area contributed by atoms with Crippen LogP contribution in [0.15, 0.2) is 47.4 Å². The molecule has 0 heterocycles. The molecule has 0 amide bonds. The third kappa shape index (κ3) is 3.23. The molecule has 0 saturated heterocycles. The van der Waals surface area contributed by atoms with Gasteiger partial charge in [-0.3, -0.25) is 4.21 Å². The normalized spacial score (nSPS) is 12.1. The van der Waals surface area contributed by atoms with Gasteiger partial charge in [0.25, 0.3) is 0 Å². The van der Waals surface area contributed by atoms with Gasteiger partial charge in [-0.15, -0.1) is 0 Å². The number of aromatic carboxylic acids is 1. The number of hydrogen-bond acceptors (Lipinski definition) is 2. The summed E-state index contributed by atoms with van der Waals surface area (Å²) in [5.74, 6) is -1.73. The SMILES string of the molecule is O=C(O)c1cccc(S(=O)Cc2c(F)cccc2Cl)c1. The van der Waals surface area contributed by atoms with Crippen LogP contribution in [0, 0.1) is 5.82 Å². The van der Waals surface area contributed by atoms with E-state index in [0.717, 1.165) is 0 Å². The number of carboxylic acids is 1. The van der Waals surface area contributed by atoms with Crippen molar-refractivity contribution in [2.75, 3.05) is 0 Å². The molecule has 0 saturated carbocycles. The van der Waals surface area contributed by atoms with Crippen molar-refractivity contribution in [1.29, 1.82) is 0 Å². The minimum Gasteiger partial charge on any atom is -0.478 e. The van der Waals surface area contributed by atoms with Crippen molar-refractivity contribution in [3.8, 4) is 0 Å². The fraction of sp³-hybridized carbons (Fsp3) is 0.0714. The maximum Gasteiger partial charge on any atom is 0.335 e. The molecule has 0 fully saturated rings. The summed E-state index contributed by atoms with van der Waals surface area (Å²) in [6.07, 6.45) is 0. The van der Waals surface area contributed by atoms with E-state index in [1.54, 1.807) is 0 Å². The largest absolute Gasteiger partial charge is 0.478 e. The Balaban J connectivity index is 2.29. The van der Waals surface area contributed by atoms with Gasteiger partial charge in [0.15, 0.2) is 0 Å². The summed E-state index contributed by atoms with van der Waals surface area (Å²) in [7, 11) is -1.57. The van der Waals surface area contributed by atoms with E-state index in [1.165, 1.54) is 42.5 Å². The van der Waals surface area contributed by atoms with Crippen molar-refractivity contribution >= 4 is 28.4 Å². The first kappa shape index (κ1) is 14.7. The highest BCUT2D eigenvalue weighted by atomic mass is 35.5. The molecule has 0 aliphatic heterocycles. The molecule has 0 aromatic heterocycles. The molecule has 0 radical (unpaired) electrons. The van der Waals surface area contributed by atoms with E-state index in [4.69, 9.17) is 16.7 Å². The molecule has 1 N–H and O–H groups in total. The maximum atomic E-state index is 13.6. The van der Waals surface area contributed by atoms with E-state index in [-0.39, 0.29) is 21.9 Å². The Kier molecular flexibility index (Phi) is 4.52. The van der Waals surface area contributed by atoms with Gasteiger partial charge in [0, 0.05) is 15.5 Å². The highest BCUT2D eigenvalue weighted by molar-refractivity contribution is 7.84. The van der Waals surface area contributed by atoms with Crippen molar-refractivity contribution < 1.29 is 18.5 Å². The lowest BCUT2D eigenvalue weighted by atomic mass is 10.2. The van der Waals surface area contributed by atoms with Crippen LogP contribution in [0.1, 0.15) is 15.9 Å². The van der Waals surface area contributed by atoms with E-state index >= 15 is 0 Å². The Bertz CT molecular complexity index is 668. The maximum absolute atomic E-state index is 13.6. The average Bonchev–Trinajstić information content (AvgIpc) is 2.43. The van der Waals surface area contributed by atoms with E-state index in [1.807, 2.05) is 0 Å². The lowest BCUT2D eigenvalue weighted by molar-refractivity contribution is 0.0696. The van der Waals surface area contributed by atoms with Gasteiger partial charge in [0.05, 0.1) is 22.1 Å². The highest BCUT2D eigenvalue weighted by Gasteiger charge is 2.13. The first-order chi connectivity index (χ1) is 9.49. The minimum atomic E-state index is -1.57. The van der Waals surface area contributed by atoms with Crippen LogP contribution in [-0.2, 0) is 16.6 Å². The Hall–Kier alpha value is -1.72. The second kappa shape index (κ2) is 6.15. The van der Waals surface area contributed by atoms with Crippen molar-refractivity contribution in [3.63, 3.8) is 0 Å². The number of carboxylic acid groups (broad SMARTS) is 1. The average molecular weight is 313 g/mol. The quantitative estimate of drug-likeness (QED) is 0.940. The van der Waals surface area contributed by atoms with Crippen molar-refractivity contribution in [2.24, 2.45) is 0 Å². The zero-order chi connectivity index (χ0) is 14.7. The predicted molar refractivity (Wildman–Crippen MR) is 74.9 cm³/mol. The molecular formula is C14H10ClFO3S. The van der Waals surface area contributed by atoms with Crippen LogP contribution in [0.2, 0.25) is 5.02 Å². The van der Waals surface area contributed by atoms with Gasteiger partial charge >= 0.3 is 5.97 Å². The summed E-state index contributed by atoms with van der Waals surface area (Å²) in [6.45, 7) is 0. The lowest BCUT2D eigenvalue weighted by Gasteiger charge is -2.06. The van der Waals surface area contributed by atoms with Gasteiger partial charge in [-0.1, -0.05) is 23.7 Å². The van der Waals surface area contributed by atoms with Crippen LogP contribution < -0.4 is 0 Å². The van der Waals surface area contributed by atoms with Gasteiger partial charge < -0.3 is 5.11 Å². The molecule has 20 heavy (non-hydrogen) atoms. The number of carbonyl (C=O) groups is 1. The highest BCUT2D eigenvalue weighted by Crippen LogP contribution is 2.23. The Morgan fingerprint density at radius 3 is 2.60 bits per heavy atom. The van der Waals surface area contributed by atoms with E-state index in [2.05, 4.69) is 0 Å². The summed E-state index contributed by atoms with van der Waals surface area (Å²) in [6, 6.07) is 9.98. The smallest absolute Gasteiger partial charge is 0.335 e. The molecule has 1 unspecified atom stereocenters. The van der Waals surface area contributed by atoms with E-state index < -0.39 is 22.6 Å². The monoisotopic (exact) mass is 312 g/mol. The van der Waals surface area contributed by atoms with Gasteiger partial charge in [0.2, 0.25) is 0 Å². The van der Waals surface area contributed by atoms with Crippen LogP contribution in [0.3, 0.4) is 0 Å². The first-order valence-corrected chi connectivity index (χ1v) is 7.33. The molecule has 6 heteroatoms. The number of halogens is 2. The van der Waals surface area contributed by atoms with Crippen LogP contribution >= 0.6 is 11.6 Å². The summed E-state index contributed by atoms with van der Waals surface area (Å²) in [5.41, 5.74) is 0.198. The van der Waals surface area contributed by atoms with Crippen LogP contribution in [0.5, 0.6) is 0 Å². The van der Waals surface area contributed by atoms with Gasteiger partial charge in [-0.05, 0) is 30.3 Å². The van der Waals surface area contributed by atoms with Gasteiger partial charge in [0.1, 0.15) is 5.82 Å². The Morgan fingerprint density at radius 2 is 1.95 bits per heavy atom. The molecule has 104 valence electrons. The zero-order valence-corrected chi connectivity index (χ0v) is 11.7. The molecule has 2 rings (SSSR count). The first-order valence-electron chi connectivity index (χ1n) is 5.63. The Labute approximate surface area is 122 Å². The second-order valence-corrected chi connectivity index (χ2v) is 5.88. The van der Waals surface area contributed by atoms with Crippen molar-refractivity contribution in [2.45, 2.75) is 10.6 Å². The van der Waals surface area contributed by atoms with Crippen molar-refractivity contribution in [1.82, 2.24) is 0 Å². The van der Waals surface area contributed by atoms with Crippen molar-refractivity contribution in [3.05, 3.63) is 64.4 Å². The standard InChI is InChI=1S/C14H10ClFO3S/c15-12-5-2-6-13(16)11(12)8-20(19)10-4-1-3-9(7-10)14(17)18/h1-7H,8H2,(H,17,18). The topological polar surface area (TPSA) is 54.4 Å². The fourth-order valence-corrected chi connectivity index (χ4v) is 3.18. The minimum absolute atomic E-state index is 0.0375. The van der Waals surface area contributed by atoms with Gasteiger partial charge in [-0.2, -0.15) is 0 Å². The number of hydrogen-bond donors (Lipinski definition) is 1. The third-order valence-electron chi connectivity index (χ3n) is 2.68. The number of rotatable bonds is 4. The molecule has 1 atom stereocenters. The Morgan fingerprint density at radius 1 is 1.25 bits per heavy atom. The molecule has 2 aromatic carbocycles. The number of benzene rings is 2. The summed E-state index contributed by atoms with van der Waals surface area (Å²) in [4.78, 5) is 11.2. The molecule has 2 aromatic rings. The van der Waals surface area contributed by atoms with Crippen LogP contribution in [-0.4, -0.2) is 15.3 Å². The van der Waals surface area contributed by atoms with Crippen LogP contribution in [0.4, 0.5) is 4.39 Å². The summed E-state index contributed by atoms with van der Waals surface area (Å²) in [5, 5.41) is 9.09. The predicted octanol–water partition coefficient (Wildman–Crippen LogP) is 3.49. The third-order valence-corrected chi connectivity index (χ3v) is 4.37. The van der Waals surface area contributed by atoms with E-state index in [0.29, 0.717) is 4.90 Å². The molecule has 3 nitrogen and oxygen atoms in total. The molecular weight excluding hydrogens is 303 g/mol. The summed E-state index contributed by atoms with van der Waals surface area (Å²) < 4.78 is 25.8. The zero-order valence-electron chi connectivity index (χ0n) is 10.2. The molecule has 0 bridgehead atoms. The molecule has 0 aliphatic carbocycles. The lowest BCUT2D eigenvalue weighted by Crippen LogP contribution is -2.02. The van der Waals surface area contributed by atoms with Gasteiger partial charge in [-0.25, -0.2) is 9.18 Å². The molecule has 0 spiro atoms. The second-order valence-electron chi connectivity index (χ2n) is 4.02. The van der Waals surface area contributed by atoms with E-state index in [9.17, 15) is 13.4 Å². The van der Waals surface area contributed by atoms with Crippen LogP contribution in [0.25, 0.3) is 0 Å². The summed E-state index contributed by atoms with van der Waals surface area (Å²) >= 11 is 5.87.